The van der Waals surface area contributed by atoms with Crippen molar-refractivity contribution in [1.82, 2.24) is 4.90 Å². The Morgan fingerprint density at radius 2 is 2.40 bits per heavy atom. The summed E-state index contributed by atoms with van der Waals surface area (Å²) in [6, 6.07) is 1.95. The van der Waals surface area contributed by atoms with Crippen LogP contribution in [0.2, 0.25) is 0 Å². The highest BCUT2D eigenvalue weighted by Gasteiger charge is 2.28. The number of thiophene rings is 1. The quantitative estimate of drug-likeness (QED) is 0.820. The number of carbonyl (C=O) groups is 2. The van der Waals surface area contributed by atoms with Gasteiger partial charge in [0, 0.05) is 23.9 Å². The topological polar surface area (TPSA) is 57.6 Å². The van der Waals surface area contributed by atoms with Crippen LogP contribution in [0, 0.1) is 5.92 Å². The number of carbonyl (C=O) groups excluding carboxylic acids is 1. The van der Waals surface area contributed by atoms with E-state index < -0.39 is 5.97 Å². The smallest absolute Gasteiger partial charge is 0.328 e. The minimum Gasteiger partial charge on any atom is -0.478 e. The van der Waals surface area contributed by atoms with E-state index in [1.807, 2.05) is 16.3 Å². The Balaban J connectivity index is 1.94. The predicted octanol–water partition coefficient (Wildman–Crippen LogP) is 2.99. The maximum atomic E-state index is 11.9. The molecule has 1 aromatic heterocycles. The van der Waals surface area contributed by atoms with Gasteiger partial charge in [0.1, 0.15) is 0 Å². The summed E-state index contributed by atoms with van der Waals surface area (Å²) in [4.78, 5) is 25.4. The average Bonchev–Trinajstić information content (AvgIpc) is 2.96. The van der Waals surface area contributed by atoms with Crippen LogP contribution in [-0.2, 0) is 16.1 Å². The molecule has 1 aliphatic heterocycles. The molecule has 2 heterocycles. The number of carboxylic acids is 1. The molecule has 1 aliphatic rings. The first kappa shape index (κ1) is 14.8. The Kier molecular flexibility index (Phi) is 4.95. The standard InChI is InChI=1S/C15H19NO3S/c1-2-3-11-7-14(17)16(8-11)9-13-6-12(10-20-13)4-5-15(18)19/h4-6,10-11H,2-3,7-9H2,1H3,(H,18,19)/b5-4+. The Labute approximate surface area is 122 Å². The van der Waals surface area contributed by atoms with E-state index in [0.717, 1.165) is 35.9 Å². The monoisotopic (exact) mass is 293 g/mol. The van der Waals surface area contributed by atoms with Gasteiger partial charge < -0.3 is 10.0 Å². The fourth-order valence-corrected chi connectivity index (χ4v) is 3.40. The molecule has 1 amide bonds. The van der Waals surface area contributed by atoms with Gasteiger partial charge in [-0.2, -0.15) is 0 Å². The zero-order valence-electron chi connectivity index (χ0n) is 11.5. The number of carboxylic acid groups (broad SMARTS) is 1. The number of hydrogen-bond acceptors (Lipinski definition) is 3. The minimum atomic E-state index is -0.949. The second-order valence-electron chi connectivity index (χ2n) is 5.15. The van der Waals surface area contributed by atoms with Crippen molar-refractivity contribution < 1.29 is 14.7 Å². The Hall–Kier alpha value is -1.62. The number of aliphatic carboxylic acids is 1. The van der Waals surface area contributed by atoms with Crippen molar-refractivity contribution >= 4 is 29.3 Å². The maximum Gasteiger partial charge on any atom is 0.328 e. The molecule has 4 nitrogen and oxygen atoms in total. The Morgan fingerprint density at radius 1 is 1.60 bits per heavy atom. The Bertz CT molecular complexity index is 521. The third-order valence-corrected chi connectivity index (χ3v) is 4.37. The van der Waals surface area contributed by atoms with Crippen molar-refractivity contribution in [3.63, 3.8) is 0 Å². The highest BCUT2D eigenvalue weighted by atomic mass is 32.1. The summed E-state index contributed by atoms with van der Waals surface area (Å²) >= 11 is 1.57. The fraction of sp³-hybridized carbons (Fsp3) is 0.467. The van der Waals surface area contributed by atoms with Crippen molar-refractivity contribution in [2.24, 2.45) is 5.92 Å². The van der Waals surface area contributed by atoms with Crippen LogP contribution in [0.1, 0.15) is 36.6 Å². The summed E-state index contributed by atoms with van der Waals surface area (Å²) in [5.41, 5.74) is 0.879. The lowest BCUT2D eigenvalue weighted by Gasteiger charge is -2.15. The summed E-state index contributed by atoms with van der Waals surface area (Å²) in [7, 11) is 0. The number of amides is 1. The van der Waals surface area contributed by atoms with Crippen LogP contribution in [-0.4, -0.2) is 28.4 Å². The van der Waals surface area contributed by atoms with E-state index in [0.29, 0.717) is 18.9 Å². The molecule has 1 fully saturated rings. The summed E-state index contributed by atoms with van der Waals surface area (Å²) in [5, 5.41) is 10.5. The molecule has 0 bridgehead atoms. The normalized spacial score (nSPS) is 19.1. The van der Waals surface area contributed by atoms with Crippen LogP contribution in [0.3, 0.4) is 0 Å². The van der Waals surface area contributed by atoms with Crippen molar-refractivity contribution in [1.29, 1.82) is 0 Å². The fourth-order valence-electron chi connectivity index (χ4n) is 2.53. The zero-order chi connectivity index (χ0) is 14.5. The molecule has 0 aromatic carbocycles. The average molecular weight is 293 g/mol. The molecule has 2 rings (SSSR count). The molecule has 0 saturated carbocycles. The van der Waals surface area contributed by atoms with Crippen molar-refractivity contribution in [3.05, 3.63) is 28.0 Å². The van der Waals surface area contributed by atoms with E-state index in [-0.39, 0.29) is 5.91 Å². The van der Waals surface area contributed by atoms with Crippen LogP contribution >= 0.6 is 11.3 Å². The first-order valence-electron chi connectivity index (χ1n) is 6.84. The number of rotatable bonds is 6. The van der Waals surface area contributed by atoms with E-state index in [1.165, 1.54) is 0 Å². The molecule has 0 aliphatic carbocycles. The summed E-state index contributed by atoms with van der Waals surface area (Å²) in [6.45, 7) is 3.64. The molecule has 0 spiro atoms. The molecule has 1 saturated heterocycles. The molecule has 1 aromatic rings. The maximum absolute atomic E-state index is 11.9. The zero-order valence-corrected chi connectivity index (χ0v) is 12.4. The molecular formula is C15H19NO3S. The minimum absolute atomic E-state index is 0.236. The predicted molar refractivity (Wildman–Crippen MR) is 79.4 cm³/mol. The van der Waals surface area contributed by atoms with Gasteiger partial charge in [-0.3, -0.25) is 4.79 Å². The molecule has 1 atom stereocenters. The molecule has 20 heavy (non-hydrogen) atoms. The van der Waals surface area contributed by atoms with Gasteiger partial charge in [0.05, 0.1) is 6.54 Å². The largest absolute Gasteiger partial charge is 0.478 e. The summed E-state index contributed by atoms with van der Waals surface area (Å²) in [5.74, 6) is -0.215. The second-order valence-corrected chi connectivity index (χ2v) is 6.15. The third kappa shape index (κ3) is 3.93. The van der Waals surface area contributed by atoms with E-state index in [2.05, 4.69) is 6.92 Å². The van der Waals surface area contributed by atoms with Gasteiger partial charge in [0.25, 0.3) is 0 Å². The highest BCUT2D eigenvalue weighted by molar-refractivity contribution is 7.10. The lowest BCUT2D eigenvalue weighted by molar-refractivity contribution is -0.131. The SMILES string of the molecule is CCCC1CC(=O)N(Cc2cc(/C=C/C(=O)O)cs2)C1. The highest BCUT2D eigenvalue weighted by Crippen LogP contribution is 2.26. The molecule has 5 heteroatoms. The van der Waals surface area contributed by atoms with E-state index in [9.17, 15) is 9.59 Å². The van der Waals surface area contributed by atoms with Crippen molar-refractivity contribution in [3.8, 4) is 0 Å². The third-order valence-electron chi connectivity index (χ3n) is 3.43. The molecule has 1 unspecified atom stereocenters. The van der Waals surface area contributed by atoms with Crippen molar-refractivity contribution in [2.45, 2.75) is 32.7 Å². The lowest BCUT2D eigenvalue weighted by atomic mass is 10.0. The molecular weight excluding hydrogens is 274 g/mol. The van der Waals surface area contributed by atoms with Gasteiger partial charge >= 0.3 is 5.97 Å². The van der Waals surface area contributed by atoms with Gasteiger partial charge in [-0.15, -0.1) is 11.3 Å². The van der Waals surface area contributed by atoms with Crippen LogP contribution in [0.4, 0.5) is 0 Å². The molecule has 108 valence electrons. The Morgan fingerprint density at radius 3 is 3.10 bits per heavy atom. The van der Waals surface area contributed by atoms with E-state index in [1.54, 1.807) is 17.4 Å². The summed E-state index contributed by atoms with van der Waals surface area (Å²) in [6.07, 6.45) is 5.61. The van der Waals surface area contributed by atoms with Gasteiger partial charge in [-0.05, 0) is 35.4 Å². The van der Waals surface area contributed by atoms with Crippen LogP contribution < -0.4 is 0 Å². The number of hydrogen-bond donors (Lipinski definition) is 1. The van der Waals surface area contributed by atoms with Crippen molar-refractivity contribution in [2.75, 3.05) is 6.54 Å². The van der Waals surface area contributed by atoms with Gasteiger partial charge in [-0.1, -0.05) is 13.3 Å². The first-order chi connectivity index (χ1) is 9.58. The van der Waals surface area contributed by atoms with Gasteiger partial charge in [0.2, 0.25) is 5.91 Å². The van der Waals surface area contributed by atoms with Crippen LogP contribution in [0.15, 0.2) is 17.5 Å². The first-order valence-corrected chi connectivity index (χ1v) is 7.72. The molecule has 1 N–H and O–H groups in total. The number of likely N-dealkylation sites (tertiary alicyclic amines) is 1. The lowest BCUT2D eigenvalue weighted by Crippen LogP contribution is -2.24. The molecule has 0 radical (unpaired) electrons. The van der Waals surface area contributed by atoms with Crippen LogP contribution in [0.5, 0.6) is 0 Å². The summed E-state index contributed by atoms with van der Waals surface area (Å²) < 4.78 is 0. The van der Waals surface area contributed by atoms with Crippen LogP contribution in [0.25, 0.3) is 6.08 Å². The van der Waals surface area contributed by atoms with E-state index in [4.69, 9.17) is 5.11 Å². The van der Waals surface area contributed by atoms with Gasteiger partial charge in [0.15, 0.2) is 0 Å². The second kappa shape index (κ2) is 6.70. The van der Waals surface area contributed by atoms with Gasteiger partial charge in [-0.25, -0.2) is 4.79 Å². The number of nitrogens with zero attached hydrogens (tertiary/aromatic N) is 1. The van der Waals surface area contributed by atoms with E-state index >= 15 is 0 Å².